The van der Waals surface area contributed by atoms with E-state index in [0.29, 0.717) is 24.1 Å². The molecule has 0 saturated heterocycles. The second-order valence-corrected chi connectivity index (χ2v) is 7.61. The molecule has 2 aromatic carbocycles. The van der Waals surface area contributed by atoms with Crippen molar-refractivity contribution >= 4 is 23.9 Å². The van der Waals surface area contributed by atoms with Gasteiger partial charge in [0.05, 0.1) is 11.1 Å². The highest BCUT2D eigenvalue weighted by Gasteiger charge is 2.28. The number of hydrogen-bond donors (Lipinski definition) is 2. The molecule has 1 aliphatic heterocycles. The van der Waals surface area contributed by atoms with E-state index in [1.54, 1.807) is 6.07 Å². The van der Waals surface area contributed by atoms with Crippen molar-refractivity contribution in [3.8, 4) is 0 Å². The molecule has 0 saturated carbocycles. The van der Waals surface area contributed by atoms with Crippen molar-refractivity contribution in [3.63, 3.8) is 0 Å². The molecule has 162 valence electrons. The largest absolute Gasteiger partial charge is 0.454 e. The first kappa shape index (κ1) is 22.0. The molecule has 0 bridgehead atoms. The molecule has 8 heteroatoms. The maximum atomic E-state index is 12.3. The lowest BCUT2D eigenvalue weighted by Gasteiger charge is -2.25. The van der Waals surface area contributed by atoms with Gasteiger partial charge in [-0.2, -0.15) is 0 Å². The van der Waals surface area contributed by atoms with Gasteiger partial charge < -0.3 is 14.8 Å². The molecule has 2 aromatic rings. The highest BCUT2D eigenvalue weighted by Crippen LogP contribution is 2.31. The molecule has 3 rings (SSSR count). The summed E-state index contributed by atoms with van der Waals surface area (Å²) in [5.41, 5.74) is 2.12. The van der Waals surface area contributed by atoms with Crippen LogP contribution in [0.25, 0.3) is 0 Å². The molecule has 31 heavy (non-hydrogen) atoms. The predicted octanol–water partition coefficient (Wildman–Crippen LogP) is 2.78. The third-order valence-corrected chi connectivity index (χ3v) is 4.64. The Morgan fingerprint density at radius 3 is 2.58 bits per heavy atom. The fourth-order valence-corrected chi connectivity index (χ4v) is 3.09. The Labute approximate surface area is 179 Å². The number of fused-ring (bicyclic) bond motifs is 1. The van der Waals surface area contributed by atoms with E-state index in [-0.39, 0.29) is 11.5 Å². The van der Waals surface area contributed by atoms with Gasteiger partial charge in [-0.15, -0.1) is 0 Å². The minimum atomic E-state index is -0.736. The predicted molar refractivity (Wildman–Crippen MR) is 111 cm³/mol. The van der Waals surface area contributed by atoms with Crippen LogP contribution in [-0.2, 0) is 20.7 Å². The van der Waals surface area contributed by atoms with Crippen LogP contribution in [0, 0.1) is 5.92 Å². The first-order valence-electron chi connectivity index (χ1n) is 9.97. The standard InChI is InChI=1S/C23H24N2O6/c1-14(2)12-24-23(29)25-20(26)13-30-21(27)16-8-9-18-17(10-16)11-19(31-22(18)28)15-6-4-3-5-7-15/h3-10,14,19H,11-13H2,1-2H3,(H2,24,25,26,29)/t19-/m0/s1. The Kier molecular flexibility index (Phi) is 7.02. The molecule has 1 atom stereocenters. The van der Waals surface area contributed by atoms with Crippen molar-refractivity contribution in [2.75, 3.05) is 13.2 Å². The Bertz CT molecular complexity index is 987. The molecule has 0 aliphatic carbocycles. The smallest absolute Gasteiger partial charge is 0.339 e. The number of amides is 3. The van der Waals surface area contributed by atoms with Crippen LogP contribution < -0.4 is 10.6 Å². The molecular weight excluding hydrogens is 400 g/mol. The van der Waals surface area contributed by atoms with Crippen LogP contribution in [0.15, 0.2) is 48.5 Å². The number of ether oxygens (including phenoxy) is 2. The lowest BCUT2D eigenvalue weighted by molar-refractivity contribution is -0.123. The van der Waals surface area contributed by atoms with Crippen molar-refractivity contribution in [2.24, 2.45) is 5.92 Å². The van der Waals surface area contributed by atoms with E-state index < -0.39 is 36.6 Å². The number of esters is 2. The second kappa shape index (κ2) is 9.88. The zero-order valence-corrected chi connectivity index (χ0v) is 17.3. The minimum Gasteiger partial charge on any atom is -0.454 e. The summed E-state index contributed by atoms with van der Waals surface area (Å²) in [6, 6.07) is 13.2. The van der Waals surface area contributed by atoms with Gasteiger partial charge in [0.15, 0.2) is 6.61 Å². The van der Waals surface area contributed by atoms with Gasteiger partial charge in [0, 0.05) is 13.0 Å². The number of urea groups is 1. The van der Waals surface area contributed by atoms with Gasteiger partial charge in [-0.25, -0.2) is 14.4 Å². The molecule has 0 aromatic heterocycles. The van der Waals surface area contributed by atoms with Gasteiger partial charge in [0.25, 0.3) is 5.91 Å². The summed E-state index contributed by atoms with van der Waals surface area (Å²) < 4.78 is 10.5. The molecule has 8 nitrogen and oxygen atoms in total. The molecule has 0 fully saturated rings. The van der Waals surface area contributed by atoms with Crippen molar-refractivity contribution in [2.45, 2.75) is 26.4 Å². The van der Waals surface area contributed by atoms with E-state index in [0.717, 1.165) is 5.56 Å². The van der Waals surface area contributed by atoms with Gasteiger partial charge >= 0.3 is 18.0 Å². The minimum absolute atomic E-state index is 0.206. The normalized spacial score (nSPS) is 14.9. The van der Waals surface area contributed by atoms with Gasteiger partial charge in [-0.05, 0) is 35.2 Å². The third kappa shape index (κ3) is 5.91. The number of carbonyl (C=O) groups excluding carboxylic acids is 4. The number of benzene rings is 2. The maximum Gasteiger partial charge on any atom is 0.339 e. The van der Waals surface area contributed by atoms with Gasteiger partial charge in [-0.1, -0.05) is 44.2 Å². The highest BCUT2D eigenvalue weighted by molar-refractivity contribution is 5.98. The fraction of sp³-hybridized carbons (Fsp3) is 0.304. The Morgan fingerprint density at radius 1 is 1.13 bits per heavy atom. The van der Waals surface area contributed by atoms with Crippen LogP contribution in [0.5, 0.6) is 0 Å². The maximum absolute atomic E-state index is 12.3. The summed E-state index contributed by atoms with van der Waals surface area (Å²) in [6.45, 7) is 3.66. The zero-order valence-electron chi connectivity index (χ0n) is 17.3. The molecule has 0 unspecified atom stereocenters. The lowest BCUT2D eigenvalue weighted by Crippen LogP contribution is -2.42. The molecule has 2 N–H and O–H groups in total. The van der Waals surface area contributed by atoms with Crippen LogP contribution in [0.4, 0.5) is 4.79 Å². The van der Waals surface area contributed by atoms with Crippen LogP contribution in [0.2, 0.25) is 0 Å². The lowest BCUT2D eigenvalue weighted by atomic mass is 9.93. The Morgan fingerprint density at radius 2 is 1.87 bits per heavy atom. The Hall–Kier alpha value is -3.68. The molecule has 0 radical (unpaired) electrons. The van der Waals surface area contributed by atoms with Gasteiger partial charge in [-0.3, -0.25) is 10.1 Å². The first-order valence-corrected chi connectivity index (χ1v) is 9.97. The topological polar surface area (TPSA) is 111 Å². The van der Waals surface area contributed by atoms with Crippen molar-refractivity contribution in [1.29, 1.82) is 0 Å². The van der Waals surface area contributed by atoms with E-state index in [1.807, 2.05) is 44.2 Å². The summed E-state index contributed by atoms with van der Waals surface area (Å²) in [6.07, 6.45) is -0.0227. The van der Waals surface area contributed by atoms with E-state index >= 15 is 0 Å². The highest BCUT2D eigenvalue weighted by atomic mass is 16.5. The summed E-state index contributed by atoms with van der Waals surface area (Å²) in [5, 5.41) is 4.63. The molecule has 3 amide bonds. The Balaban J connectivity index is 1.60. The van der Waals surface area contributed by atoms with E-state index in [4.69, 9.17) is 9.47 Å². The summed E-state index contributed by atoms with van der Waals surface area (Å²) in [7, 11) is 0. The number of hydrogen-bond acceptors (Lipinski definition) is 6. The number of carbonyl (C=O) groups is 4. The summed E-state index contributed by atoms with van der Waals surface area (Å²) >= 11 is 0. The van der Waals surface area contributed by atoms with E-state index in [2.05, 4.69) is 10.6 Å². The summed E-state index contributed by atoms with van der Waals surface area (Å²) in [5.74, 6) is -1.68. The van der Waals surface area contributed by atoms with Crippen molar-refractivity contribution < 1.29 is 28.7 Å². The average Bonchev–Trinajstić information content (AvgIpc) is 2.76. The zero-order chi connectivity index (χ0) is 22.4. The van der Waals surface area contributed by atoms with Crippen LogP contribution >= 0.6 is 0 Å². The SMILES string of the molecule is CC(C)CNC(=O)NC(=O)COC(=O)c1ccc2c(c1)C[C@@H](c1ccccc1)OC2=O. The molecular formula is C23H24N2O6. The molecule has 1 heterocycles. The fourth-order valence-electron chi connectivity index (χ4n) is 3.09. The quantitative estimate of drug-likeness (QED) is 0.690. The van der Waals surface area contributed by atoms with Crippen molar-refractivity contribution in [1.82, 2.24) is 10.6 Å². The average molecular weight is 424 g/mol. The third-order valence-electron chi connectivity index (χ3n) is 4.64. The number of cyclic esters (lactones) is 1. The van der Waals surface area contributed by atoms with Crippen LogP contribution in [-0.4, -0.2) is 37.0 Å². The monoisotopic (exact) mass is 424 g/mol. The van der Waals surface area contributed by atoms with Gasteiger partial charge in [0.1, 0.15) is 6.10 Å². The van der Waals surface area contributed by atoms with Crippen LogP contribution in [0.3, 0.4) is 0 Å². The number of rotatable bonds is 6. The number of imide groups is 1. The van der Waals surface area contributed by atoms with Crippen LogP contribution in [0.1, 0.15) is 51.8 Å². The molecule has 0 spiro atoms. The number of nitrogens with one attached hydrogen (secondary N) is 2. The summed E-state index contributed by atoms with van der Waals surface area (Å²) in [4.78, 5) is 48.1. The van der Waals surface area contributed by atoms with E-state index in [9.17, 15) is 19.2 Å². The molecule has 1 aliphatic rings. The van der Waals surface area contributed by atoms with Crippen molar-refractivity contribution in [3.05, 3.63) is 70.8 Å². The first-order chi connectivity index (χ1) is 14.8. The van der Waals surface area contributed by atoms with Gasteiger partial charge in [0.2, 0.25) is 0 Å². The second-order valence-electron chi connectivity index (χ2n) is 7.61. The van der Waals surface area contributed by atoms with E-state index in [1.165, 1.54) is 12.1 Å².